The molecule has 0 radical (unpaired) electrons. The highest BCUT2D eigenvalue weighted by atomic mass is 35.5. The molecule has 0 amide bonds. The van der Waals surface area contributed by atoms with Crippen molar-refractivity contribution in [2.24, 2.45) is 0 Å². The second kappa shape index (κ2) is 2.24. The van der Waals surface area contributed by atoms with E-state index in [1.54, 1.807) is 6.20 Å². The fourth-order valence-corrected chi connectivity index (χ4v) is 1.36. The van der Waals surface area contributed by atoms with Gasteiger partial charge >= 0.3 is 0 Å². The van der Waals surface area contributed by atoms with Crippen molar-refractivity contribution < 1.29 is 4.39 Å². The van der Waals surface area contributed by atoms with Gasteiger partial charge in [-0.25, -0.2) is 4.39 Å². The monoisotopic (exact) mass is 169 g/mol. The Hall–Kier alpha value is -1.02. The van der Waals surface area contributed by atoms with E-state index in [9.17, 15) is 4.39 Å². The molecule has 0 spiro atoms. The topological polar surface area (TPSA) is 15.8 Å². The van der Waals surface area contributed by atoms with Gasteiger partial charge < -0.3 is 4.98 Å². The van der Waals surface area contributed by atoms with Crippen molar-refractivity contribution in [3.8, 4) is 0 Å². The minimum absolute atomic E-state index is 0.315. The summed E-state index contributed by atoms with van der Waals surface area (Å²) in [7, 11) is 0. The second-order valence-electron chi connectivity index (χ2n) is 2.33. The summed E-state index contributed by atoms with van der Waals surface area (Å²) in [6.07, 6.45) is 1.73. The number of fused-ring (bicyclic) bond motifs is 1. The standard InChI is InChI=1S/C8H5ClFN/c9-7-3-5(10)4-8-6(7)1-2-11-8/h1-4,11H. The Balaban J connectivity index is 2.91. The lowest BCUT2D eigenvalue weighted by atomic mass is 10.2. The number of aromatic nitrogens is 1. The van der Waals surface area contributed by atoms with Gasteiger partial charge in [-0.3, -0.25) is 0 Å². The van der Waals surface area contributed by atoms with Crippen molar-refractivity contribution in [1.82, 2.24) is 4.98 Å². The van der Waals surface area contributed by atoms with Crippen molar-refractivity contribution >= 4 is 22.5 Å². The van der Waals surface area contributed by atoms with E-state index in [0.717, 1.165) is 10.9 Å². The number of halogens is 2. The molecular formula is C8H5ClFN. The van der Waals surface area contributed by atoms with Crippen LogP contribution >= 0.6 is 11.6 Å². The number of nitrogens with one attached hydrogen (secondary N) is 1. The first kappa shape index (κ1) is 6.68. The zero-order valence-corrected chi connectivity index (χ0v) is 6.32. The van der Waals surface area contributed by atoms with Crippen molar-refractivity contribution in [1.29, 1.82) is 0 Å². The van der Waals surface area contributed by atoms with Crippen LogP contribution in [0.2, 0.25) is 5.02 Å². The number of benzene rings is 1. The van der Waals surface area contributed by atoms with Gasteiger partial charge in [0.05, 0.1) is 5.02 Å². The van der Waals surface area contributed by atoms with Gasteiger partial charge in [-0.1, -0.05) is 11.6 Å². The fraction of sp³-hybridized carbons (Fsp3) is 0. The van der Waals surface area contributed by atoms with Gasteiger partial charge in [0.15, 0.2) is 0 Å². The first-order valence-electron chi connectivity index (χ1n) is 3.19. The molecule has 56 valence electrons. The molecule has 1 nitrogen and oxygen atoms in total. The molecule has 0 aliphatic carbocycles. The third-order valence-corrected chi connectivity index (χ3v) is 1.90. The summed E-state index contributed by atoms with van der Waals surface area (Å²) in [5, 5.41) is 1.30. The summed E-state index contributed by atoms with van der Waals surface area (Å²) in [6.45, 7) is 0. The maximum atomic E-state index is 12.7. The van der Waals surface area contributed by atoms with Crippen LogP contribution in [-0.2, 0) is 0 Å². The molecule has 11 heavy (non-hydrogen) atoms. The minimum Gasteiger partial charge on any atom is -0.361 e. The molecule has 0 fully saturated rings. The molecule has 0 bridgehead atoms. The molecule has 3 heteroatoms. The van der Waals surface area contributed by atoms with Crippen LogP contribution in [0, 0.1) is 5.82 Å². The Labute approximate surface area is 67.8 Å². The van der Waals surface area contributed by atoms with Gasteiger partial charge in [0, 0.05) is 17.1 Å². The summed E-state index contributed by atoms with van der Waals surface area (Å²) in [5.41, 5.74) is 0.731. The maximum absolute atomic E-state index is 12.7. The molecule has 0 saturated carbocycles. The fourth-order valence-electron chi connectivity index (χ4n) is 1.09. The highest BCUT2D eigenvalue weighted by Gasteiger charge is 2.01. The Bertz CT molecular complexity index is 394. The lowest BCUT2D eigenvalue weighted by Gasteiger charge is -1.93. The average molecular weight is 170 g/mol. The molecule has 0 atom stereocenters. The largest absolute Gasteiger partial charge is 0.361 e. The molecule has 0 aliphatic heterocycles. The molecule has 1 aromatic heterocycles. The van der Waals surface area contributed by atoms with E-state index in [1.165, 1.54) is 12.1 Å². The van der Waals surface area contributed by atoms with E-state index in [4.69, 9.17) is 11.6 Å². The van der Waals surface area contributed by atoms with Crippen LogP contribution in [-0.4, -0.2) is 4.98 Å². The Morgan fingerprint density at radius 2 is 2.18 bits per heavy atom. The summed E-state index contributed by atoms with van der Waals surface area (Å²) in [4.78, 5) is 2.88. The summed E-state index contributed by atoms with van der Waals surface area (Å²) in [6, 6.07) is 4.54. The number of H-pyrrole nitrogens is 1. The predicted octanol–water partition coefficient (Wildman–Crippen LogP) is 2.96. The van der Waals surface area contributed by atoms with Crippen LogP contribution in [0.5, 0.6) is 0 Å². The van der Waals surface area contributed by atoms with E-state index >= 15 is 0 Å². The van der Waals surface area contributed by atoms with Crippen LogP contribution < -0.4 is 0 Å². The SMILES string of the molecule is Fc1cc(Cl)c2cc[nH]c2c1. The van der Waals surface area contributed by atoms with Crippen molar-refractivity contribution in [3.05, 3.63) is 35.2 Å². The molecule has 1 heterocycles. The molecule has 2 aromatic rings. The average Bonchev–Trinajstić information content (AvgIpc) is 2.34. The zero-order valence-electron chi connectivity index (χ0n) is 5.57. The van der Waals surface area contributed by atoms with Crippen molar-refractivity contribution in [2.45, 2.75) is 0 Å². The van der Waals surface area contributed by atoms with E-state index < -0.39 is 0 Å². The first-order chi connectivity index (χ1) is 5.27. The van der Waals surface area contributed by atoms with Crippen LogP contribution in [0.4, 0.5) is 4.39 Å². The van der Waals surface area contributed by atoms with E-state index in [-0.39, 0.29) is 5.82 Å². The first-order valence-corrected chi connectivity index (χ1v) is 3.57. The Morgan fingerprint density at radius 1 is 1.36 bits per heavy atom. The smallest absolute Gasteiger partial charge is 0.126 e. The number of aromatic amines is 1. The lowest BCUT2D eigenvalue weighted by molar-refractivity contribution is 0.629. The van der Waals surface area contributed by atoms with Crippen LogP contribution in [0.15, 0.2) is 24.4 Å². The summed E-state index contributed by atoms with van der Waals surface area (Å²) >= 11 is 5.74. The number of hydrogen-bond acceptors (Lipinski definition) is 0. The quantitative estimate of drug-likeness (QED) is 0.624. The third kappa shape index (κ3) is 0.994. The van der Waals surface area contributed by atoms with Gasteiger partial charge in [-0.15, -0.1) is 0 Å². The Kier molecular flexibility index (Phi) is 1.36. The molecular weight excluding hydrogens is 165 g/mol. The highest BCUT2D eigenvalue weighted by Crippen LogP contribution is 2.23. The van der Waals surface area contributed by atoms with Crippen LogP contribution in [0.25, 0.3) is 10.9 Å². The Morgan fingerprint density at radius 3 is 3.00 bits per heavy atom. The van der Waals surface area contributed by atoms with Gasteiger partial charge in [-0.2, -0.15) is 0 Å². The van der Waals surface area contributed by atoms with Gasteiger partial charge in [0.2, 0.25) is 0 Å². The molecule has 2 rings (SSSR count). The maximum Gasteiger partial charge on any atom is 0.126 e. The van der Waals surface area contributed by atoms with Gasteiger partial charge in [-0.05, 0) is 18.2 Å². The van der Waals surface area contributed by atoms with Crippen LogP contribution in [0.3, 0.4) is 0 Å². The van der Waals surface area contributed by atoms with E-state index in [2.05, 4.69) is 4.98 Å². The van der Waals surface area contributed by atoms with Gasteiger partial charge in [0.25, 0.3) is 0 Å². The number of hydrogen-bond donors (Lipinski definition) is 1. The summed E-state index contributed by atoms with van der Waals surface area (Å²) in [5.74, 6) is -0.315. The second-order valence-corrected chi connectivity index (χ2v) is 2.73. The highest BCUT2D eigenvalue weighted by molar-refractivity contribution is 6.35. The normalized spacial score (nSPS) is 10.7. The predicted molar refractivity (Wildman–Crippen MR) is 43.3 cm³/mol. The lowest BCUT2D eigenvalue weighted by Crippen LogP contribution is -1.74. The zero-order chi connectivity index (χ0) is 7.84. The minimum atomic E-state index is -0.315. The molecule has 1 N–H and O–H groups in total. The molecule has 0 saturated heterocycles. The number of rotatable bonds is 0. The van der Waals surface area contributed by atoms with Crippen LogP contribution in [0.1, 0.15) is 0 Å². The molecule has 0 aliphatic rings. The summed E-state index contributed by atoms with van der Waals surface area (Å²) < 4.78 is 12.7. The molecule has 1 aromatic carbocycles. The van der Waals surface area contributed by atoms with E-state index in [1.807, 2.05) is 6.07 Å². The van der Waals surface area contributed by atoms with Crippen molar-refractivity contribution in [2.75, 3.05) is 0 Å². The molecule has 0 unspecified atom stereocenters. The van der Waals surface area contributed by atoms with Crippen molar-refractivity contribution in [3.63, 3.8) is 0 Å². The van der Waals surface area contributed by atoms with E-state index in [0.29, 0.717) is 5.02 Å². The van der Waals surface area contributed by atoms with Gasteiger partial charge in [0.1, 0.15) is 5.82 Å². The third-order valence-electron chi connectivity index (χ3n) is 1.58.